The molecule has 1 rings (SSSR count). The van der Waals surface area contributed by atoms with Gasteiger partial charge in [0.1, 0.15) is 0 Å². The van der Waals surface area contributed by atoms with Crippen LogP contribution in [0.5, 0.6) is 0 Å². The van der Waals surface area contributed by atoms with E-state index in [9.17, 15) is 9.13 Å². The molecular weight excluding hydrogens is 234 g/mol. The van der Waals surface area contributed by atoms with Crippen LogP contribution in [0.15, 0.2) is 0 Å². The van der Waals surface area contributed by atoms with E-state index in [-0.39, 0.29) is 17.4 Å². The van der Waals surface area contributed by atoms with Crippen molar-refractivity contribution in [3.63, 3.8) is 0 Å². The molecule has 1 fully saturated rings. The molecule has 1 saturated heterocycles. The maximum absolute atomic E-state index is 10.4. The van der Waals surface area contributed by atoms with Gasteiger partial charge in [0.15, 0.2) is 6.29 Å². The minimum atomic E-state index is -2.70. The molecule has 0 amide bonds. The molecule has 66 valence electrons. The Hall–Kier alpha value is 0.832. The van der Waals surface area contributed by atoms with Crippen molar-refractivity contribution in [3.05, 3.63) is 0 Å². The van der Waals surface area contributed by atoms with E-state index in [0.29, 0.717) is 0 Å². The maximum Gasteiger partial charge on any atom is 0.328 e. The molecule has 0 aromatic heterocycles. The van der Waals surface area contributed by atoms with Crippen molar-refractivity contribution in [3.8, 4) is 0 Å². The van der Waals surface area contributed by atoms with Gasteiger partial charge in [-0.3, -0.25) is 18.2 Å². The van der Waals surface area contributed by atoms with Gasteiger partial charge in [0.2, 0.25) is 0 Å². The van der Waals surface area contributed by atoms with E-state index in [4.69, 9.17) is 5.11 Å². The number of aliphatic hydroxyl groups is 1. The van der Waals surface area contributed by atoms with E-state index in [0.717, 1.165) is 0 Å². The summed E-state index contributed by atoms with van der Waals surface area (Å²) in [6.45, 7) is -0.476. The summed E-state index contributed by atoms with van der Waals surface area (Å²) in [6, 6.07) is 0. The Morgan fingerprint density at radius 1 is 1.27 bits per heavy atom. The van der Waals surface area contributed by atoms with Gasteiger partial charge in [-0.15, -0.1) is 0 Å². The quantitative estimate of drug-likeness (QED) is 0.656. The Morgan fingerprint density at radius 2 is 1.73 bits per heavy atom. The Morgan fingerprint density at radius 3 is 2.09 bits per heavy atom. The maximum atomic E-state index is 10.4. The molecule has 0 aromatic rings. The fraction of sp³-hybridized carbons (Fsp3) is 1.00. The van der Waals surface area contributed by atoms with E-state index in [1.165, 1.54) is 0 Å². The minimum absolute atomic E-state index is 0. The van der Waals surface area contributed by atoms with Gasteiger partial charge in [0, 0.05) is 17.4 Å². The van der Waals surface area contributed by atoms with Gasteiger partial charge >= 0.3 is 16.5 Å². The van der Waals surface area contributed by atoms with Crippen LogP contribution in [-0.2, 0) is 39.8 Å². The third-order valence-electron chi connectivity index (χ3n) is 0.771. The van der Waals surface area contributed by atoms with Gasteiger partial charge < -0.3 is 5.11 Å². The van der Waals surface area contributed by atoms with Crippen LogP contribution in [-0.4, -0.2) is 18.0 Å². The summed E-state index contributed by atoms with van der Waals surface area (Å²) >= 11 is 0. The van der Waals surface area contributed by atoms with E-state index in [2.05, 4.69) is 13.4 Å². The van der Waals surface area contributed by atoms with Crippen LogP contribution < -0.4 is 0 Å². The molecule has 11 heavy (non-hydrogen) atoms. The minimum Gasteiger partial charge on any atom is -0.391 e. The molecule has 9 heteroatoms. The third kappa shape index (κ3) is 3.84. The SMILES string of the molecule is O=[PH]1OC(CO)O[PH](=O)O1.[Cr]. The van der Waals surface area contributed by atoms with E-state index < -0.39 is 29.4 Å². The number of hydrogen-bond acceptors (Lipinski definition) is 6. The van der Waals surface area contributed by atoms with Crippen LogP contribution in [0, 0.1) is 0 Å². The molecular formula is C2H6CrO6P2. The van der Waals surface area contributed by atoms with Gasteiger partial charge in [-0.2, -0.15) is 0 Å². The van der Waals surface area contributed by atoms with Crippen LogP contribution in [0.1, 0.15) is 0 Å². The van der Waals surface area contributed by atoms with Crippen molar-refractivity contribution < 1.29 is 45.0 Å². The Balaban J connectivity index is 0.000001000. The summed E-state index contributed by atoms with van der Waals surface area (Å²) in [5.41, 5.74) is 0. The average Bonchev–Trinajstić information content (AvgIpc) is 1.85. The Labute approximate surface area is 74.9 Å². The molecule has 6 nitrogen and oxygen atoms in total. The summed E-state index contributed by atoms with van der Waals surface area (Å²) in [5, 5.41) is 8.38. The van der Waals surface area contributed by atoms with Crippen LogP contribution >= 0.6 is 16.5 Å². The fourth-order valence-corrected chi connectivity index (χ4v) is 2.13. The summed E-state index contributed by atoms with van der Waals surface area (Å²) < 4.78 is 33.8. The molecule has 0 bridgehead atoms. The van der Waals surface area contributed by atoms with Gasteiger partial charge in [-0.1, -0.05) is 0 Å². The Bertz CT molecular complexity index is 156. The largest absolute Gasteiger partial charge is 0.391 e. The van der Waals surface area contributed by atoms with Crippen molar-refractivity contribution in [1.82, 2.24) is 0 Å². The fourth-order valence-electron chi connectivity index (χ4n) is 0.429. The first-order valence-corrected chi connectivity index (χ1v) is 4.87. The van der Waals surface area contributed by atoms with Crippen LogP contribution in [0.4, 0.5) is 0 Å². The normalized spacial score (nSPS) is 37.7. The molecule has 0 spiro atoms. The zero-order chi connectivity index (χ0) is 7.56. The average molecular weight is 240 g/mol. The summed E-state index contributed by atoms with van der Waals surface area (Å²) in [4.78, 5) is 0. The molecule has 1 aliphatic heterocycles. The second kappa shape index (κ2) is 5.47. The zero-order valence-electron chi connectivity index (χ0n) is 5.18. The topological polar surface area (TPSA) is 82.1 Å². The van der Waals surface area contributed by atoms with Crippen molar-refractivity contribution in [2.45, 2.75) is 6.29 Å². The van der Waals surface area contributed by atoms with Crippen LogP contribution in [0.2, 0.25) is 0 Å². The monoisotopic (exact) mass is 240 g/mol. The standard InChI is InChI=1S/C2H6O6P2.Cr/c3-1-2-6-9(4)8-10(5)7-2;/h2-3,9-10H,1H2;. The first-order valence-electron chi connectivity index (χ1n) is 2.42. The van der Waals surface area contributed by atoms with E-state index >= 15 is 0 Å². The van der Waals surface area contributed by atoms with E-state index in [1.54, 1.807) is 0 Å². The van der Waals surface area contributed by atoms with Crippen molar-refractivity contribution >= 4 is 16.5 Å². The smallest absolute Gasteiger partial charge is 0.328 e. The first kappa shape index (κ1) is 11.8. The van der Waals surface area contributed by atoms with Gasteiger partial charge in [0.25, 0.3) is 0 Å². The van der Waals surface area contributed by atoms with Gasteiger partial charge in [-0.05, 0) is 0 Å². The predicted octanol–water partition coefficient (Wildman–Crippen LogP) is 0.145. The second-order valence-corrected chi connectivity index (χ2v) is 3.74. The molecule has 0 aromatic carbocycles. The molecule has 1 aliphatic rings. The third-order valence-corrected chi connectivity index (χ3v) is 3.02. The van der Waals surface area contributed by atoms with Crippen molar-refractivity contribution in [1.29, 1.82) is 0 Å². The number of aliphatic hydroxyl groups excluding tert-OH is 1. The molecule has 1 heterocycles. The molecule has 2 unspecified atom stereocenters. The Kier molecular flexibility index (Phi) is 5.89. The molecule has 1 N–H and O–H groups in total. The summed E-state index contributed by atoms with van der Waals surface area (Å²) in [6.07, 6.45) is -1.06. The van der Waals surface area contributed by atoms with Gasteiger partial charge in [-0.25, -0.2) is 4.31 Å². The predicted molar refractivity (Wildman–Crippen MR) is 32.1 cm³/mol. The molecule has 0 radical (unpaired) electrons. The van der Waals surface area contributed by atoms with Crippen molar-refractivity contribution in [2.75, 3.05) is 6.61 Å². The summed E-state index contributed by atoms with van der Waals surface area (Å²) in [7, 11) is -5.41. The zero-order valence-corrected chi connectivity index (χ0v) is 8.46. The number of hydrogen-bond donors (Lipinski definition) is 1. The number of rotatable bonds is 1. The van der Waals surface area contributed by atoms with Crippen LogP contribution in [0.25, 0.3) is 0 Å². The van der Waals surface area contributed by atoms with Crippen molar-refractivity contribution in [2.24, 2.45) is 0 Å². The first-order chi connectivity index (χ1) is 4.72. The summed E-state index contributed by atoms with van der Waals surface area (Å²) in [5.74, 6) is 0. The molecule has 0 aliphatic carbocycles. The van der Waals surface area contributed by atoms with Crippen LogP contribution in [0.3, 0.4) is 0 Å². The van der Waals surface area contributed by atoms with Gasteiger partial charge in [0.05, 0.1) is 6.61 Å². The molecule has 2 atom stereocenters. The second-order valence-electron chi connectivity index (χ2n) is 1.45. The molecule has 0 saturated carbocycles. The van der Waals surface area contributed by atoms with E-state index in [1.807, 2.05) is 0 Å².